The molecule has 2 aromatic rings. The average Bonchev–Trinajstić information content (AvgIpc) is 2.97. The Balaban J connectivity index is 2.40. The molecule has 0 radical (unpaired) electrons. The number of anilines is 1. The Kier molecular flexibility index (Phi) is 7.94. The third kappa shape index (κ3) is 5.85. The minimum absolute atomic E-state index is 0.154. The summed E-state index contributed by atoms with van der Waals surface area (Å²) in [6, 6.07) is 8.39. The number of rotatable bonds is 7. The van der Waals surface area contributed by atoms with Crippen molar-refractivity contribution in [3.63, 3.8) is 0 Å². The first-order chi connectivity index (χ1) is 13.6. The lowest BCUT2D eigenvalue weighted by molar-refractivity contribution is 0.0527. The Labute approximate surface area is 187 Å². The summed E-state index contributed by atoms with van der Waals surface area (Å²) < 4.78 is 3.14. The van der Waals surface area contributed by atoms with E-state index in [9.17, 15) is 14.4 Å². The summed E-state index contributed by atoms with van der Waals surface area (Å²) in [6.07, 6.45) is -1.19. The third-order valence-corrected chi connectivity index (χ3v) is 5.84. The summed E-state index contributed by atoms with van der Waals surface area (Å²) >= 11 is 19.2. The van der Waals surface area contributed by atoms with E-state index in [2.05, 4.69) is 10.6 Å². The minimum atomic E-state index is -1.95. The van der Waals surface area contributed by atoms with Gasteiger partial charge in [0, 0.05) is 5.56 Å². The summed E-state index contributed by atoms with van der Waals surface area (Å²) in [4.78, 5) is 37.3. The lowest BCUT2D eigenvalue weighted by atomic mass is 10.1. The van der Waals surface area contributed by atoms with Crippen molar-refractivity contribution in [2.24, 2.45) is 0 Å². The van der Waals surface area contributed by atoms with Gasteiger partial charge in [0.25, 0.3) is 5.91 Å². The predicted molar refractivity (Wildman–Crippen MR) is 117 cm³/mol. The maximum atomic E-state index is 12.5. The van der Waals surface area contributed by atoms with Crippen LogP contribution < -0.4 is 10.6 Å². The molecule has 1 amide bonds. The van der Waals surface area contributed by atoms with Crippen molar-refractivity contribution in [3.8, 4) is 0 Å². The van der Waals surface area contributed by atoms with Gasteiger partial charge in [-0.1, -0.05) is 53.0 Å². The van der Waals surface area contributed by atoms with Gasteiger partial charge < -0.3 is 15.4 Å². The second-order valence-electron chi connectivity index (χ2n) is 6.00. The Bertz CT molecular complexity index is 910. The first-order valence-electron chi connectivity index (χ1n) is 8.56. The number of hydrogen-bond donors (Lipinski definition) is 2. The second kappa shape index (κ2) is 9.80. The number of carbonyl (C=O) groups excluding carboxylic acids is 3. The van der Waals surface area contributed by atoms with Crippen LogP contribution in [-0.4, -0.2) is 34.2 Å². The van der Waals surface area contributed by atoms with E-state index in [4.69, 9.17) is 39.5 Å². The zero-order valence-electron chi connectivity index (χ0n) is 15.8. The molecule has 0 aliphatic carbocycles. The maximum Gasteiger partial charge on any atom is 0.341 e. The fourth-order valence-electron chi connectivity index (χ4n) is 2.53. The number of benzene rings is 1. The number of thiophene rings is 1. The number of carbonyl (C=O) groups is 3. The number of alkyl halides is 3. The Morgan fingerprint density at radius 3 is 2.31 bits per heavy atom. The van der Waals surface area contributed by atoms with Gasteiger partial charge in [-0.05, 0) is 38.5 Å². The van der Waals surface area contributed by atoms with E-state index in [1.807, 2.05) is 0 Å². The zero-order chi connectivity index (χ0) is 21.8. The van der Waals surface area contributed by atoms with Crippen LogP contribution in [0, 0.1) is 6.92 Å². The molecule has 0 saturated carbocycles. The number of Topliss-reactive ketones (excluding diaryl/α,β-unsaturated/α-hetero) is 1. The second-order valence-corrected chi connectivity index (χ2v) is 9.38. The van der Waals surface area contributed by atoms with E-state index in [1.54, 1.807) is 44.2 Å². The van der Waals surface area contributed by atoms with Gasteiger partial charge in [-0.25, -0.2) is 4.79 Å². The van der Waals surface area contributed by atoms with Crippen LogP contribution in [-0.2, 0) is 4.74 Å². The molecular weight excluding hydrogens is 459 g/mol. The first kappa shape index (κ1) is 23.5. The number of ether oxygens (including phenoxy) is 1. The summed E-state index contributed by atoms with van der Waals surface area (Å²) in [5, 5.41) is 5.74. The molecule has 1 unspecified atom stereocenters. The van der Waals surface area contributed by atoms with Crippen molar-refractivity contribution in [2.45, 2.75) is 30.7 Å². The molecule has 2 N–H and O–H groups in total. The van der Waals surface area contributed by atoms with Gasteiger partial charge in [-0.2, -0.15) is 0 Å². The molecule has 10 heteroatoms. The van der Waals surface area contributed by atoms with E-state index in [1.165, 1.54) is 6.92 Å². The van der Waals surface area contributed by atoms with Crippen molar-refractivity contribution in [1.29, 1.82) is 0 Å². The van der Waals surface area contributed by atoms with Crippen LogP contribution in [0.5, 0.6) is 0 Å². The molecule has 2 rings (SSSR count). The molecule has 156 valence electrons. The van der Waals surface area contributed by atoms with E-state index in [-0.39, 0.29) is 23.0 Å². The van der Waals surface area contributed by atoms with Crippen LogP contribution in [0.4, 0.5) is 5.00 Å². The number of halogens is 3. The van der Waals surface area contributed by atoms with Gasteiger partial charge in [0.2, 0.25) is 3.79 Å². The minimum Gasteiger partial charge on any atom is -0.462 e. The van der Waals surface area contributed by atoms with Gasteiger partial charge in [0.1, 0.15) is 11.2 Å². The van der Waals surface area contributed by atoms with Gasteiger partial charge in [-0.15, -0.1) is 11.3 Å². The third-order valence-electron chi connectivity index (χ3n) is 3.86. The topological polar surface area (TPSA) is 84.5 Å². The molecule has 1 heterocycles. The molecule has 0 saturated heterocycles. The monoisotopic (exact) mass is 476 g/mol. The standard InChI is InChI=1S/C19H19Cl3N2O4S/c1-4-28-17(27)13-10(2)14(11(3)25)29-16(13)24-18(19(20,21)22)23-15(26)12-8-6-5-7-9-12/h5-9,18,24H,4H2,1-3H3,(H,23,26). The highest BCUT2D eigenvalue weighted by molar-refractivity contribution is 7.18. The zero-order valence-corrected chi connectivity index (χ0v) is 18.9. The first-order valence-corrected chi connectivity index (χ1v) is 10.5. The number of nitrogens with one attached hydrogen (secondary N) is 2. The predicted octanol–water partition coefficient (Wildman–Crippen LogP) is 4.97. The Hall–Kier alpha value is -1.80. The normalized spacial score (nSPS) is 12.2. The summed E-state index contributed by atoms with van der Waals surface area (Å²) in [7, 11) is 0. The van der Waals surface area contributed by atoms with Gasteiger partial charge in [-0.3, -0.25) is 9.59 Å². The maximum absolute atomic E-state index is 12.5. The smallest absolute Gasteiger partial charge is 0.341 e. The highest BCUT2D eigenvalue weighted by atomic mass is 35.6. The largest absolute Gasteiger partial charge is 0.462 e. The molecule has 0 aliphatic rings. The Morgan fingerprint density at radius 2 is 1.79 bits per heavy atom. The number of hydrogen-bond acceptors (Lipinski definition) is 6. The SMILES string of the molecule is CCOC(=O)c1c(NC(NC(=O)c2ccccc2)C(Cl)(Cl)Cl)sc(C(C)=O)c1C. The van der Waals surface area contributed by atoms with Crippen LogP contribution in [0.15, 0.2) is 30.3 Å². The average molecular weight is 478 g/mol. The highest BCUT2D eigenvalue weighted by Gasteiger charge is 2.36. The highest BCUT2D eigenvalue weighted by Crippen LogP contribution is 2.38. The number of esters is 1. The molecule has 0 aliphatic heterocycles. The van der Waals surface area contributed by atoms with E-state index in [0.717, 1.165) is 11.3 Å². The molecule has 0 bridgehead atoms. The fourth-order valence-corrected chi connectivity index (χ4v) is 3.98. The van der Waals surface area contributed by atoms with Gasteiger partial charge in [0.05, 0.1) is 17.0 Å². The van der Waals surface area contributed by atoms with E-state index < -0.39 is 21.8 Å². The van der Waals surface area contributed by atoms with Gasteiger partial charge >= 0.3 is 5.97 Å². The van der Waals surface area contributed by atoms with Crippen molar-refractivity contribution in [3.05, 3.63) is 51.9 Å². The molecule has 6 nitrogen and oxygen atoms in total. The van der Waals surface area contributed by atoms with Crippen molar-refractivity contribution >= 4 is 68.8 Å². The summed E-state index contributed by atoms with van der Waals surface area (Å²) in [5.41, 5.74) is 0.988. The Morgan fingerprint density at radius 1 is 1.17 bits per heavy atom. The van der Waals surface area contributed by atoms with Crippen LogP contribution in [0.3, 0.4) is 0 Å². The quantitative estimate of drug-likeness (QED) is 0.254. The van der Waals surface area contributed by atoms with Crippen LogP contribution in [0.2, 0.25) is 0 Å². The summed E-state index contributed by atoms with van der Waals surface area (Å²) in [5.74, 6) is -1.31. The van der Waals surface area contributed by atoms with Crippen LogP contribution in [0.1, 0.15) is 49.8 Å². The van der Waals surface area contributed by atoms with Crippen molar-refractivity contribution < 1.29 is 19.1 Å². The van der Waals surface area contributed by atoms with Crippen LogP contribution >= 0.6 is 46.1 Å². The van der Waals surface area contributed by atoms with E-state index in [0.29, 0.717) is 16.0 Å². The summed E-state index contributed by atoms with van der Waals surface area (Å²) in [6.45, 7) is 4.85. The van der Waals surface area contributed by atoms with Crippen LogP contribution in [0.25, 0.3) is 0 Å². The number of amides is 1. The van der Waals surface area contributed by atoms with Crippen molar-refractivity contribution in [2.75, 3.05) is 11.9 Å². The van der Waals surface area contributed by atoms with E-state index >= 15 is 0 Å². The molecule has 0 fully saturated rings. The van der Waals surface area contributed by atoms with Crippen molar-refractivity contribution in [1.82, 2.24) is 5.32 Å². The van der Waals surface area contributed by atoms with Gasteiger partial charge in [0.15, 0.2) is 5.78 Å². The molecule has 0 spiro atoms. The molecule has 1 aromatic heterocycles. The number of ketones is 1. The molecular formula is C19H19Cl3N2O4S. The fraction of sp³-hybridized carbons (Fsp3) is 0.316. The molecule has 1 atom stereocenters. The lowest BCUT2D eigenvalue weighted by Crippen LogP contribution is -2.49. The lowest BCUT2D eigenvalue weighted by Gasteiger charge is -2.27. The molecule has 29 heavy (non-hydrogen) atoms. The molecule has 1 aromatic carbocycles.